The van der Waals surface area contributed by atoms with E-state index in [1.165, 1.54) is 5.57 Å². The van der Waals surface area contributed by atoms with E-state index in [2.05, 4.69) is 4.90 Å². The number of ether oxygens (including phenoxy) is 1. The second-order valence-electron chi connectivity index (χ2n) is 3.98. The number of hydrogen-bond donors (Lipinski definition) is 0. The van der Waals surface area contributed by atoms with E-state index in [1.807, 2.05) is 0 Å². The Kier molecular flexibility index (Phi) is 1.50. The van der Waals surface area contributed by atoms with E-state index in [1.54, 1.807) is 0 Å². The van der Waals surface area contributed by atoms with Crippen molar-refractivity contribution in [1.82, 2.24) is 4.90 Å². The SMILES string of the molecule is O=C1CCC2=C1N1CCC[C@H]1OC2. The summed E-state index contributed by atoms with van der Waals surface area (Å²) in [7, 11) is 0. The smallest absolute Gasteiger partial charge is 0.179 e. The molecule has 0 saturated carbocycles. The molecule has 0 spiro atoms. The largest absolute Gasteiger partial charge is 0.354 e. The van der Waals surface area contributed by atoms with Crippen LogP contribution in [0, 0.1) is 0 Å². The molecule has 1 fully saturated rings. The lowest BCUT2D eigenvalue weighted by Crippen LogP contribution is -2.37. The van der Waals surface area contributed by atoms with Crippen LogP contribution >= 0.6 is 0 Å². The highest BCUT2D eigenvalue weighted by atomic mass is 16.5. The Labute approximate surface area is 77.4 Å². The molecule has 2 aliphatic heterocycles. The van der Waals surface area contributed by atoms with Gasteiger partial charge in [0.05, 0.1) is 12.3 Å². The maximum atomic E-state index is 11.6. The van der Waals surface area contributed by atoms with Crippen LogP contribution in [0.15, 0.2) is 11.3 Å². The molecule has 0 aromatic carbocycles. The van der Waals surface area contributed by atoms with Crippen molar-refractivity contribution in [1.29, 1.82) is 0 Å². The highest BCUT2D eigenvalue weighted by Crippen LogP contribution is 2.36. The Hall–Kier alpha value is -0.830. The molecule has 13 heavy (non-hydrogen) atoms. The van der Waals surface area contributed by atoms with Gasteiger partial charge in [-0.3, -0.25) is 4.79 Å². The van der Waals surface area contributed by atoms with Crippen LogP contribution in [0.2, 0.25) is 0 Å². The molecule has 0 aromatic rings. The Morgan fingerprint density at radius 1 is 1.38 bits per heavy atom. The van der Waals surface area contributed by atoms with Crippen molar-refractivity contribution < 1.29 is 9.53 Å². The van der Waals surface area contributed by atoms with E-state index in [-0.39, 0.29) is 6.23 Å². The third kappa shape index (κ3) is 0.967. The van der Waals surface area contributed by atoms with Crippen LogP contribution in [0.4, 0.5) is 0 Å². The number of carbonyl (C=O) groups excluding carboxylic acids is 1. The summed E-state index contributed by atoms with van der Waals surface area (Å²) < 4.78 is 5.68. The zero-order chi connectivity index (χ0) is 8.84. The quantitative estimate of drug-likeness (QED) is 0.556. The molecule has 1 saturated heterocycles. The molecule has 0 amide bonds. The Bertz CT molecular complexity index is 295. The second-order valence-corrected chi connectivity index (χ2v) is 3.98. The maximum Gasteiger partial charge on any atom is 0.179 e. The van der Waals surface area contributed by atoms with E-state index in [0.717, 1.165) is 31.5 Å². The predicted octanol–water partition coefficient (Wildman–Crippen LogP) is 1.06. The van der Waals surface area contributed by atoms with Crippen LogP contribution in [0.3, 0.4) is 0 Å². The first-order valence-electron chi connectivity index (χ1n) is 5.00. The summed E-state index contributed by atoms with van der Waals surface area (Å²) in [5.74, 6) is 0.338. The van der Waals surface area contributed by atoms with E-state index in [0.29, 0.717) is 18.8 Å². The van der Waals surface area contributed by atoms with Crippen molar-refractivity contribution in [3.05, 3.63) is 11.3 Å². The average molecular weight is 179 g/mol. The predicted molar refractivity (Wildman–Crippen MR) is 46.9 cm³/mol. The number of nitrogens with zero attached hydrogens (tertiary/aromatic N) is 1. The fourth-order valence-corrected chi connectivity index (χ4v) is 2.56. The normalized spacial score (nSPS) is 32.5. The van der Waals surface area contributed by atoms with E-state index < -0.39 is 0 Å². The van der Waals surface area contributed by atoms with E-state index >= 15 is 0 Å². The molecule has 0 N–H and O–H groups in total. The van der Waals surface area contributed by atoms with Gasteiger partial charge < -0.3 is 9.64 Å². The maximum absolute atomic E-state index is 11.6. The molecule has 0 aromatic heterocycles. The summed E-state index contributed by atoms with van der Waals surface area (Å²) in [6.45, 7) is 1.71. The standard InChI is InChI=1S/C10H13NO2/c12-8-4-3-7-6-13-9-2-1-5-11(9)10(7)8/h9H,1-6H2/t9-/m1/s1. The van der Waals surface area contributed by atoms with Crippen molar-refractivity contribution in [2.24, 2.45) is 0 Å². The summed E-state index contributed by atoms with van der Waals surface area (Å²) in [6, 6.07) is 0. The van der Waals surface area contributed by atoms with Crippen LogP contribution in [0.25, 0.3) is 0 Å². The van der Waals surface area contributed by atoms with Crippen molar-refractivity contribution >= 4 is 5.78 Å². The molecule has 0 unspecified atom stereocenters. The monoisotopic (exact) mass is 179 g/mol. The summed E-state index contributed by atoms with van der Waals surface area (Å²) in [4.78, 5) is 13.8. The van der Waals surface area contributed by atoms with Gasteiger partial charge in [-0.2, -0.15) is 0 Å². The molecule has 0 radical (unpaired) electrons. The number of hydrogen-bond acceptors (Lipinski definition) is 3. The van der Waals surface area contributed by atoms with Gasteiger partial charge in [0.2, 0.25) is 0 Å². The molecule has 3 rings (SSSR count). The number of rotatable bonds is 0. The van der Waals surface area contributed by atoms with Crippen LogP contribution in [-0.2, 0) is 9.53 Å². The third-order valence-electron chi connectivity index (χ3n) is 3.19. The van der Waals surface area contributed by atoms with Gasteiger partial charge in [0.25, 0.3) is 0 Å². The minimum Gasteiger partial charge on any atom is -0.354 e. The Balaban J connectivity index is 2.00. The van der Waals surface area contributed by atoms with E-state index in [4.69, 9.17) is 4.74 Å². The molecule has 2 heterocycles. The number of ketones is 1. The molecule has 0 bridgehead atoms. The van der Waals surface area contributed by atoms with Crippen molar-refractivity contribution in [3.8, 4) is 0 Å². The topological polar surface area (TPSA) is 29.5 Å². The van der Waals surface area contributed by atoms with Crippen molar-refractivity contribution in [3.63, 3.8) is 0 Å². The number of fused-ring (bicyclic) bond motifs is 2. The highest BCUT2D eigenvalue weighted by molar-refractivity contribution is 5.98. The lowest BCUT2D eigenvalue weighted by Gasteiger charge is -2.32. The van der Waals surface area contributed by atoms with Crippen LogP contribution in [0.5, 0.6) is 0 Å². The molecule has 3 aliphatic rings. The van der Waals surface area contributed by atoms with Gasteiger partial charge in [0.1, 0.15) is 6.23 Å². The van der Waals surface area contributed by atoms with Gasteiger partial charge in [-0.1, -0.05) is 0 Å². The lowest BCUT2D eigenvalue weighted by atomic mass is 10.2. The minimum atomic E-state index is 0.209. The number of carbonyl (C=O) groups is 1. The molecule has 1 aliphatic carbocycles. The number of allylic oxidation sites excluding steroid dienone is 1. The van der Waals surface area contributed by atoms with Crippen molar-refractivity contribution in [2.75, 3.05) is 13.2 Å². The molecule has 3 nitrogen and oxygen atoms in total. The van der Waals surface area contributed by atoms with Gasteiger partial charge >= 0.3 is 0 Å². The fourth-order valence-electron chi connectivity index (χ4n) is 2.56. The average Bonchev–Trinajstić information content (AvgIpc) is 2.70. The molecule has 3 heteroatoms. The minimum absolute atomic E-state index is 0.209. The zero-order valence-electron chi connectivity index (χ0n) is 7.58. The van der Waals surface area contributed by atoms with Gasteiger partial charge in [-0.05, 0) is 24.8 Å². The molecular formula is C10H13NO2. The lowest BCUT2D eigenvalue weighted by molar-refractivity contribution is -0.118. The van der Waals surface area contributed by atoms with Crippen LogP contribution < -0.4 is 0 Å². The second kappa shape index (κ2) is 2.58. The van der Waals surface area contributed by atoms with Gasteiger partial charge in [0.15, 0.2) is 5.78 Å². The van der Waals surface area contributed by atoms with Gasteiger partial charge in [0, 0.05) is 13.0 Å². The molecular weight excluding hydrogens is 166 g/mol. The highest BCUT2D eigenvalue weighted by Gasteiger charge is 2.38. The third-order valence-corrected chi connectivity index (χ3v) is 3.19. The molecule has 1 atom stereocenters. The summed E-state index contributed by atoms with van der Waals surface area (Å²) in [5.41, 5.74) is 2.25. The first kappa shape index (κ1) is 7.56. The summed E-state index contributed by atoms with van der Waals surface area (Å²) >= 11 is 0. The fraction of sp³-hybridized carbons (Fsp3) is 0.700. The Morgan fingerprint density at radius 3 is 3.23 bits per heavy atom. The first-order chi connectivity index (χ1) is 6.36. The van der Waals surface area contributed by atoms with Gasteiger partial charge in [-0.25, -0.2) is 0 Å². The van der Waals surface area contributed by atoms with E-state index in [9.17, 15) is 4.79 Å². The number of Topliss-reactive ketones (excluding diaryl/α,β-unsaturated/α-hetero) is 1. The zero-order valence-corrected chi connectivity index (χ0v) is 7.58. The van der Waals surface area contributed by atoms with Crippen LogP contribution in [-0.4, -0.2) is 30.1 Å². The molecule has 70 valence electrons. The summed E-state index contributed by atoms with van der Waals surface area (Å²) in [5, 5.41) is 0. The van der Waals surface area contributed by atoms with Gasteiger partial charge in [-0.15, -0.1) is 0 Å². The van der Waals surface area contributed by atoms with Crippen molar-refractivity contribution in [2.45, 2.75) is 31.9 Å². The van der Waals surface area contributed by atoms with Crippen LogP contribution in [0.1, 0.15) is 25.7 Å². The Morgan fingerprint density at radius 2 is 2.31 bits per heavy atom. The summed E-state index contributed by atoms with van der Waals surface area (Å²) in [6.07, 6.45) is 4.09. The first-order valence-corrected chi connectivity index (χ1v) is 5.00.